The predicted octanol–water partition coefficient (Wildman–Crippen LogP) is 5.60. The molecule has 0 aliphatic rings. The fourth-order valence-electron chi connectivity index (χ4n) is 6.32. The summed E-state index contributed by atoms with van der Waals surface area (Å²) in [5.41, 5.74) is 11.5. The molecule has 14 heteroatoms. The molecule has 268 valence electrons. The Morgan fingerprint density at radius 2 is 0.852 bits per heavy atom. The Labute approximate surface area is 312 Å². The number of aromatic nitrogens is 12. The summed E-state index contributed by atoms with van der Waals surface area (Å²) in [6, 6.07) is 19.5. The molecule has 54 heavy (non-hydrogen) atoms. The molecule has 0 atom stereocenters. The molecule has 8 rings (SSSR count). The third-order valence-corrected chi connectivity index (χ3v) is 9.01. The zero-order valence-corrected chi connectivity index (χ0v) is 30.5. The molecular weight excluding hydrogens is 677 g/mol. The lowest BCUT2D eigenvalue weighted by Gasteiger charge is -2.10. The quantitative estimate of drug-likeness (QED) is 0.178. The summed E-state index contributed by atoms with van der Waals surface area (Å²) in [6.45, 7) is 1.57. The second kappa shape index (κ2) is 15.5. The third kappa shape index (κ3) is 7.78. The van der Waals surface area contributed by atoms with Gasteiger partial charge in [0.2, 0.25) is 0 Å². The molecule has 0 fully saturated rings. The van der Waals surface area contributed by atoms with Crippen molar-refractivity contribution in [3.8, 4) is 57.2 Å². The molecule has 6 heterocycles. The van der Waals surface area contributed by atoms with E-state index in [2.05, 4.69) is 51.6 Å². The first-order valence-corrected chi connectivity index (χ1v) is 17.3. The van der Waals surface area contributed by atoms with Crippen molar-refractivity contribution in [2.24, 2.45) is 28.2 Å². The molecule has 0 spiro atoms. The van der Waals surface area contributed by atoms with Gasteiger partial charge in [0.25, 0.3) is 0 Å². The average molecular weight is 715 g/mol. The minimum absolute atomic E-state index is 0.642. The topological polar surface area (TPSA) is 154 Å². The van der Waals surface area contributed by atoms with Gasteiger partial charge in [0.05, 0.1) is 83.5 Å². The second-order valence-corrected chi connectivity index (χ2v) is 13.0. The fraction of sp³-hybridized carbons (Fsp3) is 0.200. The number of aryl methyl sites for hydroxylation is 8. The van der Waals surface area contributed by atoms with Gasteiger partial charge in [-0.25, -0.2) is 9.97 Å². The van der Waals surface area contributed by atoms with Crippen molar-refractivity contribution in [3.05, 3.63) is 133 Å². The summed E-state index contributed by atoms with van der Waals surface area (Å²) in [5.74, 6) is 0. The van der Waals surface area contributed by atoms with Crippen LogP contribution in [0, 0.1) is 22.7 Å². The minimum Gasteiger partial charge on any atom is -0.330 e. The van der Waals surface area contributed by atoms with Gasteiger partial charge in [-0.3, -0.25) is 18.7 Å². The van der Waals surface area contributed by atoms with Crippen LogP contribution in [-0.4, -0.2) is 58.2 Å². The van der Waals surface area contributed by atoms with E-state index in [1.807, 2.05) is 148 Å². The normalized spacial score (nSPS) is 10.9. The Morgan fingerprint density at radius 3 is 1.17 bits per heavy atom. The molecule has 2 aromatic carbocycles. The van der Waals surface area contributed by atoms with Gasteiger partial charge < -0.3 is 9.13 Å². The van der Waals surface area contributed by atoms with E-state index in [1.54, 1.807) is 9.36 Å². The van der Waals surface area contributed by atoms with Gasteiger partial charge >= 0.3 is 0 Å². The van der Waals surface area contributed by atoms with E-state index in [9.17, 15) is 0 Å². The Morgan fingerprint density at radius 1 is 0.481 bits per heavy atom. The van der Waals surface area contributed by atoms with Crippen molar-refractivity contribution >= 4 is 0 Å². The van der Waals surface area contributed by atoms with E-state index in [1.165, 1.54) is 11.1 Å². The minimum atomic E-state index is 0.642. The lowest BCUT2D eigenvalue weighted by molar-refractivity contribution is 0.700. The maximum atomic E-state index is 9.07. The zero-order valence-electron chi connectivity index (χ0n) is 30.5. The Bertz CT molecular complexity index is 2390. The summed E-state index contributed by atoms with van der Waals surface area (Å²) in [7, 11) is 7.63. The molecule has 0 radical (unpaired) electrons. The largest absolute Gasteiger partial charge is 0.330 e. The van der Waals surface area contributed by atoms with E-state index < -0.39 is 0 Å². The van der Waals surface area contributed by atoms with Crippen molar-refractivity contribution in [2.75, 3.05) is 0 Å². The maximum absolute atomic E-state index is 9.07. The van der Waals surface area contributed by atoms with E-state index in [-0.39, 0.29) is 0 Å². The number of rotatable bonds is 10. The van der Waals surface area contributed by atoms with Crippen molar-refractivity contribution in [1.82, 2.24) is 58.2 Å². The number of nitrogens with zero attached hydrogens (tertiary/aromatic N) is 14. The molecule has 14 nitrogen and oxygen atoms in total. The van der Waals surface area contributed by atoms with Gasteiger partial charge in [0.1, 0.15) is 0 Å². The van der Waals surface area contributed by atoms with Gasteiger partial charge in [-0.2, -0.15) is 30.9 Å². The highest BCUT2D eigenvalue weighted by Crippen LogP contribution is 2.33. The molecule has 0 bridgehead atoms. The molecular formula is C40H38N14. The van der Waals surface area contributed by atoms with Crippen LogP contribution in [0.2, 0.25) is 0 Å². The van der Waals surface area contributed by atoms with E-state index in [0.29, 0.717) is 11.1 Å². The molecule has 0 aliphatic heterocycles. The molecule has 8 aromatic rings. The summed E-state index contributed by atoms with van der Waals surface area (Å²) in [6.07, 6.45) is 20.9. The molecule has 6 aromatic heterocycles. The Hall–Kier alpha value is -7.32. The van der Waals surface area contributed by atoms with Gasteiger partial charge in [-0.05, 0) is 48.2 Å². The van der Waals surface area contributed by atoms with Crippen molar-refractivity contribution < 1.29 is 0 Å². The Balaban J connectivity index is 0.000000167. The molecule has 0 amide bonds. The molecule has 0 saturated carbocycles. The standard InChI is InChI=1S/2C20H19N7/c2*1-25-12-16(10-23-25)7-8-27-14-22-19(18-11-24-26(2)13-18)20(27)17-5-3-15(9-21)4-6-17/h2*3-6,10-14H,7-8H2,1-2H3. The number of hydrogen-bond donors (Lipinski definition) is 0. The lowest BCUT2D eigenvalue weighted by Crippen LogP contribution is -2.02. The van der Waals surface area contributed by atoms with Gasteiger partial charge in [0.15, 0.2) is 0 Å². The van der Waals surface area contributed by atoms with Crippen LogP contribution in [0.1, 0.15) is 22.3 Å². The van der Waals surface area contributed by atoms with Crippen LogP contribution < -0.4 is 0 Å². The number of hydrogen-bond acceptors (Lipinski definition) is 8. The first-order valence-electron chi connectivity index (χ1n) is 17.3. The Kier molecular flexibility index (Phi) is 10.1. The maximum Gasteiger partial charge on any atom is 0.0994 e. The van der Waals surface area contributed by atoms with Crippen LogP contribution in [0.5, 0.6) is 0 Å². The molecule has 0 N–H and O–H groups in total. The van der Waals surface area contributed by atoms with Crippen molar-refractivity contribution in [1.29, 1.82) is 10.5 Å². The number of benzene rings is 2. The van der Waals surface area contributed by atoms with Crippen LogP contribution in [0.4, 0.5) is 0 Å². The van der Waals surface area contributed by atoms with Crippen LogP contribution in [0.15, 0.2) is 111 Å². The van der Waals surface area contributed by atoms with Crippen molar-refractivity contribution in [3.63, 3.8) is 0 Å². The van der Waals surface area contributed by atoms with Gasteiger partial charge in [0, 0.05) is 88.3 Å². The predicted molar refractivity (Wildman–Crippen MR) is 203 cm³/mol. The lowest BCUT2D eigenvalue weighted by atomic mass is 10.1. The monoisotopic (exact) mass is 714 g/mol. The van der Waals surface area contributed by atoms with Crippen molar-refractivity contribution in [2.45, 2.75) is 25.9 Å². The van der Waals surface area contributed by atoms with Gasteiger partial charge in [-0.15, -0.1) is 0 Å². The summed E-state index contributed by atoms with van der Waals surface area (Å²) < 4.78 is 11.5. The van der Waals surface area contributed by atoms with E-state index in [0.717, 1.165) is 71.0 Å². The summed E-state index contributed by atoms with van der Waals surface area (Å²) in [5, 5.41) is 35.2. The van der Waals surface area contributed by atoms with Crippen LogP contribution in [0.3, 0.4) is 0 Å². The molecule has 0 unspecified atom stereocenters. The van der Waals surface area contributed by atoms with Crippen LogP contribution >= 0.6 is 0 Å². The van der Waals surface area contributed by atoms with Gasteiger partial charge in [-0.1, -0.05) is 24.3 Å². The molecule has 0 saturated heterocycles. The highest BCUT2D eigenvalue weighted by atomic mass is 15.3. The highest BCUT2D eigenvalue weighted by Gasteiger charge is 2.18. The highest BCUT2D eigenvalue weighted by molar-refractivity contribution is 5.79. The first kappa shape index (κ1) is 35.1. The summed E-state index contributed by atoms with van der Waals surface area (Å²) >= 11 is 0. The smallest absolute Gasteiger partial charge is 0.0994 e. The number of nitriles is 2. The SMILES string of the molecule is Cn1cc(CCn2cnc(-c3cnn(C)c3)c2-c2ccc(C#N)cc2)cn1.Cn1cc(CCn2cnc(-c3cnn(C)c3)c2-c2ccc(C#N)cc2)cn1. The number of imidazole rings is 2. The van der Waals surface area contributed by atoms with E-state index >= 15 is 0 Å². The first-order chi connectivity index (χ1) is 26.3. The third-order valence-electron chi connectivity index (χ3n) is 9.01. The zero-order chi connectivity index (χ0) is 37.6. The van der Waals surface area contributed by atoms with Crippen LogP contribution in [0.25, 0.3) is 45.0 Å². The second-order valence-electron chi connectivity index (χ2n) is 13.0. The van der Waals surface area contributed by atoms with Crippen LogP contribution in [-0.2, 0) is 54.1 Å². The average Bonchev–Trinajstić information content (AvgIpc) is 4.05. The fourth-order valence-corrected chi connectivity index (χ4v) is 6.32. The van der Waals surface area contributed by atoms with E-state index in [4.69, 9.17) is 10.5 Å². The summed E-state index contributed by atoms with van der Waals surface area (Å²) in [4.78, 5) is 9.32. The molecule has 0 aliphatic carbocycles.